The number of ketones is 1. The molecule has 7 heteroatoms. The minimum absolute atomic E-state index is 0.161. The van der Waals surface area contributed by atoms with E-state index in [0.29, 0.717) is 11.6 Å². The number of carboxylic acids is 1. The van der Waals surface area contributed by atoms with Crippen LogP contribution in [0, 0.1) is 5.82 Å². The van der Waals surface area contributed by atoms with Gasteiger partial charge in [-0.15, -0.1) is 0 Å². The minimum Gasteiger partial charge on any atom is -0.506 e. The predicted octanol–water partition coefficient (Wildman–Crippen LogP) is 1.62. The molecule has 0 atom stereocenters. The maximum absolute atomic E-state index is 13.1. The Balaban J connectivity index is 2.26. The van der Waals surface area contributed by atoms with Crippen LogP contribution in [0.1, 0.15) is 11.3 Å². The topological polar surface area (TPSA) is 92.4 Å². The summed E-state index contributed by atoms with van der Waals surface area (Å²) in [5.41, 5.74) is 0.770. The molecule has 0 saturated carbocycles. The number of rotatable bonds is 5. The molecule has 0 radical (unpaired) electrons. The number of carboxylic acid groups (broad SMARTS) is 1. The van der Waals surface area contributed by atoms with Gasteiger partial charge >= 0.3 is 5.97 Å². The van der Waals surface area contributed by atoms with Crippen molar-refractivity contribution in [3.05, 3.63) is 59.7 Å². The second kappa shape index (κ2) is 6.00. The summed E-state index contributed by atoms with van der Waals surface area (Å²) in [6.45, 7) is 0.166. The fourth-order valence-electron chi connectivity index (χ4n) is 1.74. The van der Waals surface area contributed by atoms with Crippen LogP contribution in [0.3, 0.4) is 0 Å². The number of aliphatic hydroxyl groups is 1. The Hall–Kier alpha value is -2.96. The Morgan fingerprint density at radius 3 is 2.71 bits per heavy atom. The summed E-state index contributed by atoms with van der Waals surface area (Å²) in [5.74, 6) is -3.83. The van der Waals surface area contributed by atoms with Gasteiger partial charge in [-0.2, -0.15) is 5.10 Å². The molecule has 1 aromatic carbocycles. The lowest BCUT2D eigenvalue weighted by molar-refractivity contribution is -0.146. The average molecular weight is 290 g/mol. The van der Waals surface area contributed by atoms with Crippen molar-refractivity contribution in [2.45, 2.75) is 6.54 Å². The number of halogens is 1. The molecule has 0 saturated heterocycles. The number of aliphatic carboxylic acids is 1. The van der Waals surface area contributed by atoms with E-state index in [-0.39, 0.29) is 12.2 Å². The zero-order chi connectivity index (χ0) is 15.4. The first-order chi connectivity index (χ1) is 9.97. The summed E-state index contributed by atoms with van der Waals surface area (Å²) >= 11 is 0. The van der Waals surface area contributed by atoms with Crippen LogP contribution < -0.4 is 0 Å². The molecule has 108 valence electrons. The Bertz CT molecular complexity index is 721. The van der Waals surface area contributed by atoms with E-state index in [9.17, 15) is 19.1 Å². The third-order valence-corrected chi connectivity index (χ3v) is 2.68. The zero-order valence-corrected chi connectivity index (χ0v) is 10.7. The normalized spacial score (nSPS) is 11.4. The molecule has 6 nitrogen and oxygen atoms in total. The first-order valence-electron chi connectivity index (χ1n) is 5.92. The van der Waals surface area contributed by atoms with Crippen molar-refractivity contribution in [1.29, 1.82) is 0 Å². The van der Waals surface area contributed by atoms with Gasteiger partial charge in [-0.1, -0.05) is 12.1 Å². The summed E-state index contributed by atoms with van der Waals surface area (Å²) in [4.78, 5) is 21.5. The smallest absolute Gasteiger partial charge is 0.376 e. The number of hydrogen-bond acceptors (Lipinski definition) is 4. The van der Waals surface area contributed by atoms with Crippen LogP contribution in [0.2, 0.25) is 0 Å². The number of aromatic nitrogens is 2. The van der Waals surface area contributed by atoms with Crippen LogP contribution in [0.4, 0.5) is 4.39 Å². The summed E-state index contributed by atoms with van der Waals surface area (Å²) in [7, 11) is 0. The molecule has 0 aliphatic carbocycles. The molecule has 1 aromatic heterocycles. The van der Waals surface area contributed by atoms with Gasteiger partial charge < -0.3 is 10.2 Å². The number of benzene rings is 1. The Labute approximate surface area is 118 Å². The Morgan fingerprint density at radius 1 is 1.29 bits per heavy atom. The number of carbonyl (C=O) groups excluding carboxylic acids is 1. The molecular weight excluding hydrogens is 279 g/mol. The lowest BCUT2D eigenvalue weighted by Crippen LogP contribution is -2.11. The van der Waals surface area contributed by atoms with E-state index in [1.165, 1.54) is 35.1 Å². The van der Waals surface area contributed by atoms with Crippen LogP contribution in [0.25, 0.3) is 5.76 Å². The van der Waals surface area contributed by atoms with E-state index in [1.807, 2.05) is 0 Å². The van der Waals surface area contributed by atoms with Gasteiger partial charge in [0.1, 0.15) is 17.3 Å². The summed E-state index contributed by atoms with van der Waals surface area (Å²) in [5, 5.41) is 22.2. The first kappa shape index (κ1) is 14.4. The van der Waals surface area contributed by atoms with Crippen molar-refractivity contribution >= 4 is 17.5 Å². The quantitative estimate of drug-likeness (QED) is 0.496. The van der Waals surface area contributed by atoms with Crippen molar-refractivity contribution in [1.82, 2.24) is 9.78 Å². The van der Waals surface area contributed by atoms with Gasteiger partial charge in [0.15, 0.2) is 0 Å². The fourth-order valence-corrected chi connectivity index (χ4v) is 1.74. The highest BCUT2D eigenvalue weighted by Gasteiger charge is 2.13. The van der Waals surface area contributed by atoms with E-state index < -0.39 is 23.3 Å². The van der Waals surface area contributed by atoms with Crippen molar-refractivity contribution in [2.24, 2.45) is 0 Å². The Kier molecular flexibility index (Phi) is 4.13. The molecular formula is C14H11FN2O4. The molecule has 0 fully saturated rings. The van der Waals surface area contributed by atoms with E-state index in [2.05, 4.69) is 5.10 Å². The van der Waals surface area contributed by atoms with Crippen LogP contribution in [0.5, 0.6) is 0 Å². The number of hydrogen-bond donors (Lipinski definition) is 2. The van der Waals surface area contributed by atoms with Gasteiger partial charge in [0.2, 0.25) is 0 Å². The van der Waals surface area contributed by atoms with Crippen LogP contribution in [-0.2, 0) is 16.1 Å². The largest absolute Gasteiger partial charge is 0.506 e. The van der Waals surface area contributed by atoms with Crippen molar-refractivity contribution < 1.29 is 24.2 Å². The molecule has 0 bridgehead atoms. The highest BCUT2D eigenvalue weighted by molar-refractivity contribution is 6.38. The summed E-state index contributed by atoms with van der Waals surface area (Å²) in [6.07, 6.45) is 1.98. The predicted molar refractivity (Wildman–Crippen MR) is 71.0 cm³/mol. The second-order valence-corrected chi connectivity index (χ2v) is 4.20. The lowest BCUT2D eigenvalue weighted by Gasteiger charge is -2.07. The van der Waals surface area contributed by atoms with Gasteiger partial charge in [0.25, 0.3) is 5.78 Å². The third kappa shape index (κ3) is 3.53. The van der Waals surface area contributed by atoms with E-state index in [1.54, 1.807) is 6.07 Å². The molecule has 0 spiro atoms. The van der Waals surface area contributed by atoms with E-state index in [4.69, 9.17) is 5.11 Å². The fraction of sp³-hybridized carbons (Fsp3) is 0.0714. The van der Waals surface area contributed by atoms with Crippen LogP contribution in [-0.4, -0.2) is 31.7 Å². The minimum atomic E-state index is -1.67. The first-order valence-corrected chi connectivity index (χ1v) is 5.92. The van der Waals surface area contributed by atoms with E-state index >= 15 is 0 Å². The van der Waals surface area contributed by atoms with Gasteiger partial charge in [0.05, 0.1) is 6.54 Å². The molecule has 0 unspecified atom stereocenters. The number of carbonyl (C=O) groups is 2. The second-order valence-electron chi connectivity index (χ2n) is 4.20. The van der Waals surface area contributed by atoms with Crippen LogP contribution >= 0.6 is 0 Å². The van der Waals surface area contributed by atoms with Gasteiger partial charge in [0, 0.05) is 12.3 Å². The third-order valence-electron chi connectivity index (χ3n) is 2.68. The van der Waals surface area contributed by atoms with Crippen molar-refractivity contribution in [3.8, 4) is 0 Å². The molecule has 2 rings (SSSR count). The monoisotopic (exact) mass is 290 g/mol. The number of nitrogens with zero attached hydrogens (tertiary/aromatic N) is 2. The van der Waals surface area contributed by atoms with Gasteiger partial charge in [-0.25, -0.2) is 9.18 Å². The average Bonchev–Trinajstić information content (AvgIpc) is 2.86. The molecule has 1 heterocycles. The van der Waals surface area contributed by atoms with Gasteiger partial charge in [-0.3, -0.25) is 9.48 Å². The molecule has 0 aliphatic rings. The highest BCUT2D eigenvalue weighted by atomic mass is 19.1. The molecule has 0 amide bonds. The molecule has 21 heavy (non-hydrogen) atoms. The Morgan fingerprint density at radius 2 is 2.05 bits per heavy atom. The summed E-state index contributed by atoms with van der Waals surface area (Å²) in [6, 6.07) is 7.25. The van der Waals surface area contributed by atoms with Crippen LogP contribution in [0.15, 0.2) is 42.6 Å². The SMILES string of the molecule is O=C(O)C(=O)C=C(O)c1ccnn1Cc1cccc(F)c1. The standard InChI is InChI=1S/C14H11FN2O4/c15-10-3-1-2-9(6-10)8-17-11(4-5-16-17)12(18)7-13(19)14(20)21/h1-7,18H,8H2,(H,20,21). The maximum Gasteiger partial charge on any atom is 0.376 e. The maximum atomic E-state index is 13.1. The van der Waals surface area contributed by atoms with Crippen molar-refractivity contribution in [2.75, 3.05) is 0 Å². The highest BCUT2D eigenvalue weighted by Crippen LogP contribution is 2.13. The van der Waals surface area contributed by atoms with Gasteiger partial charge in [-0.05, 0) is 23.8 Å². The van der Waals surface area contributed by atoms with E-state index in [0.717, 1.165) is 0 Å². The molecule has 0 aliphatic heterocycles. The molecule has 2 aromatic rings. The van der Waals surface area contributed by atoms with Crippen molar-refractivity contribution in [3.63, 3.8) is 0 Å². The molecule has 2 N–H and O–H groups in total. The summed E-state index contributed by atoms with van der Waals surface area (Å²) < 4.78 is 14.4. The number of aliphatic hydroxyl groups excluding tert-OH is 1. The lowest BCUT2D eigenvalue weighted by atomic mass is 10.2. The zero-order valence-electron chi connectivity index (χ0n) is 10.7.